The molecule has 1 heterocycles. The van der Waals surface area contributed by atoms with E-state index < -0.39 is 0 Å². The largest absolute Gasteiger partial charge is 0.384 e. The quantitative estimate of drug-likeness (QED) is 0.619. The molecule has 1 aliphatic carbocycles. The summed E-state index contributed by atoms with van der Waals surface area (Å²) in [6.45, 7) is 2.69. The number of ether oxygens (including phenoxy) is 1. The van der Waals surface area contributed by atoms with E-state index >= 15 is 0 Å². The van der Waals surface area contributed by atoms with Crippen LogP contribution in [0.25, 0.3) is 0 Å². The number of hydrogen-bond acceptors (Lipinski definition) is 5. The van der Waals surface area contributed by atoms with Crippen LogP contribution in [0.15, 0.2) is 6.07 Å². The van der Waals surface area contributed by atoms with Crippen LogP contribution in [0.3, 0.4) is 0 Å². The van der Waals surface area contributed by atoms with Gasteiger partial charge < -0.3 is 10.2 Å². The number of rotatable bonds is 5. The number of nitrogens with one attached hydrogen (secondary N) is 1. The predicted octanol–water partition coefficient (Wildman–Crippen LogP) is 2.17. The first-order valence-corrected chi connectivity index (χ1v) is 6.59. The lowest BCUT2D eigenvalue weighted by Crippen LogP contribution is -2.15. The Morgan fingerprint density at radius 3 is 2.78 bits per heavy atom. The zero-order valence-corrected chi connectivity index (χ0v) is 11.1. The van der Waals surface area contributed by atoms with Gasteiger partial charge in [0.15, 0.2) is 0 Å². The summed E-state index contributed by atoms with van der Waals surface area (Å²) in [5.74, 6) is 7.75. The first-order chi connectivity index (χ1) is 8.74. The third-order valence-corrected chi connectivity index (χ3v) is 3.54. The number of hydrogen-bond donors (Lipinski definition) is 2. The maximum absolute atomic E-state index is 5.49. The van der Waals surface area contributed by atoms with Gasteiger partial charge in [0.1, 0.15) is 11.6 Å². The molecule has 3 N–H and O–H groups in total. The minimum Gasteiger partial charge on any atom is -0.384 e. The Balaban J connectivity index is 2.26. The highest BCUT2D eigenvalue weighted by Gasteiger charge is 2.21. The molecule has 5 heteroatoms. The summed E-state index contributed by atoms with van der Waals surface area (Å²) < 4.78 is 5.17. The second-order valence-electron chi connectivity index (χ2n) is 5.02. The molecule has 5 nitrogen and oxygen atoms in total. The molecule has 1 aromatic heterocycles. The lowest BCUT2D eigenvalue weighted by atomic mass is 10.0. The second-order valence-corrected chi connectivity index (χ2v) is 5.02. The van der Waals surface area contributed by atoms with Crippen molar-refractivity contribution in [2.75, 3.05) is 19.1 Å². The summed E-state index contributed by atoms with van der Waals surface area (Å²) in [6.07, 6.45) is 5.03. The van der Waals surface area contributed by atoms with Gasteiger partial charge in [-0.2, -0.15) is 0 Å². The molecule has 0 aliphatic heterocycles. The minimum absolute atomic E-state index is 0.184. The minimum atomic E-state index is 0.184. The van der Waals surface area contributed by atoms with E-state index in [0.717, 1.165) is 11.5 Å². The summed E-state index contributed by atoms with van der Waals surface area (Å²) in [6, 6.07) is 1.97. The van der Waals surface area contributed by atoms with Gasteiger partial charge in [-0.15, -0.1) is 0 Å². The number of hydrazine groups is 1. The van der Waals surface area contributed by atoms with Crippen LogP contribution >= 0.6 is 0 Å². The van der Waals surface area contributed by atoms with Crippen LogP contribution in [-0.4, -0.2) is 23.7 Å². The van der Waals surface area contributed by atoms with E-state index in [0.29, 0.717) is 18.3 Å². The monoisotopic (exact) mass is 250 g/mol. The van der Waals surface area contributed by atoms with Crippen LogP contribution in [0.2, 0.25) is 0 Å². The first kappa shape index (κ1) is 13.2. The Hall–Kier alpha value is -1.20. The third kappa shape index (κ3) is 2.97. The fourth-order valence-corrected chi connectivity index (χ4v) is 2.53. The molecular weight excluding hydrogens is 228 g/mol. The molecule has 0 saturated heterocycles. The number of nitrogens with two attached hydrogens (primary N) is 1. The first-order valence-electron chi connectivity index (χ1n) is 6.59. The normalized spacial score (nSPS) is 17.9. The van der Waals surface area contributed by atoms with E-state index in [1.165, 1.54) is 25.7 Å². The van der Waals surface area contributed by atoms with Crippen LogP contribution in [-0.2, 0) is 4.74 Å². The molecule has 0 aromatic carbocycles. The predicted molar refractivity (Wildman–Crippen MR) is 71.3 cm³/mol. The van der Waals surface area contributed by atoms with Crippen LogP contribution in [0.5, 0.6) is 0 Å². The van der Waals surface area contributed by atoms with Crippen LogP contribution in [0.4, 0.5) is 5.82 Å². The Morgan fingerprint density at radius 1 is 1.44 bits per heavy atom. The fourth-order valence-electron chi connectivity index (χ4n) is 2.53. The van der Waals surface area contributed by atoms with Crippen molar-refractivity contribution < 1.29 is 4.74 Å². The summed E-state index contributed by atoms with van der Waals surface area (Å²) in [5.41, 5.74) is 3.76. The van der Waals surface area contributed by atoms with E-state index in [1.54, 1.807) is 7.11 Å². The summed E-state index contributed by atoms with van der Waals surface area (Å²) in [4.78, 5) is 9.11. The van der Waals surface area contributed by atoms with Crippen molar-refractivity contribution in [2.24, 2.45) is 5.84 Å². The van der Waals surface area contributed by atoms with E-state index in [2.05, 4.69) is 17.3 Å². The lowest BCUT2D eigenvalue weighted by molar-refractivity contribution is 0.181. The number of nitrogens with zero attached hydrogens (tertiary/aromatic N) is 2. The maximum atomic E-state index is 5.49. The van der Waals surface area contributed by atoms with E-state index in [9.17, 15) is 0 Å². The molecule has 2 rings (SSSR count). The van der Waals surface area contributed by atoms with Gasteiger partial charge in [0, 0.05) is 30.7 Å². The van der Waals surface area contributed by atoms with Gasteiger partial charge in [-0.05, 0) is 12.8 Å². The van der Waals surface area contributed by atoms with Gasteiger partial charge in [0.25, 0.3) is 0 Å². The maximum Gasteiger partial charge on any atom is 0.143 e. The van der Waals surface area contributed by atoms with Crippen LogP contribution in [0.1, 0.15) is 56.0 Å². The molecule has 0 spiro atoms. The number of nitrogen functional groups attached to an aromatic ring is 1. The summed E-state index contributed by atoms with van der Waals surface area (Å²) in [5, 5.41) is 0. The van der Waals surface area contributed by atoms with E-state index in [4.69, 9.17) is 15.6 Å². The Morgan fingerprint density at radius 2 is 2.17 bits per heavy atom. The highest BCUT2D eigenvalue weighted by Crippen LogP contribution is 2.34. The van der Waals surface area contributed by atoms with Crippen molar-refractivity contribution in [2.45, 2.75) is 44.4 Å². The zero-order chi connectivity index (χ0) is 13.0. The molecule has 0 radical (unpaired) electrons. The number of aromatic nitrogens is 2. The Bertz CT molecular complexity index is 391. The molecule has 100 valence electrons. The van der Waals surface area contributed by atoms with Crippen molar-refractivity contribution in [3.05, 3.63) is 17.6 Å². The van der Waals surface area contributed by atoms with Gasteiger partial charge in [-0.1, -0.05) is 19.8 Å². The van der Waals surface area contributed by atoms with Crippen LogP contribution in [0, 0.1) is 0 Å². The van der Waals surface area contributed by atoms with Gasteiger partial charge in [0.2, 0.25) is 0 Å². The number of methoxy groups -OCH3 is 1. The SMILES string of the molecule is COCC(C)c1nc(NN)cc(C2CCCC2)n1. The van der Waals surface area contributed by atoms with Crippen molar-refractivity contribution >= 4 is 5.82 Å². The van der Waals surface area contributed by atoms with Gasteiger partial charge in [0.05, 0.1) is 6.61 Å². The topological polar surface area (TPSA) is 73.1 Å². The molecule has 1 aliphatic rings. The third-order valence-electron chi connectivity index (χ3n) is 3.54. The molecule has 0 bridgehead atoms. The van der Waals surface area contributed by atoms with E-state index in [1.807, 2.05) is 6.07 Å². The number of anilines is 1. The second kappa shape index (κ2) is 6.11. The van der Waals surface area contributed by atoms with Crippen molar-refractivity contribution in [3.63, 3.8) is 0 Å². The lowest BCUT2D eigenvalue weighted by Gasteiger charge is -2.15. The molecule has 1 aromatic rings. The van der Waals surface area contributed by atoms with Crippen molar-refractivity contribution in [1.82, 2.24) is 9.97 Å². The van der Waals surface area contributed by atoms with Gasteiger partial charge >= 0.3 is 0 Å². The average Bonchev–Trinajstić information content (AvgIpc) is 2.92. The summed E-state index contributed by atoms with van der Waals surface area (Å²) in [7, 11) is 1.69. The highest BCUT2D eigenvalue weighted by molar-refractivity contribution is 5.36. The molecule has 1 atom stereocenters. The highest BCUT2D eigenvalue weighted by atomic mass is 16.5. The van der Waals surface area contributed by atoms with Crippen LogP contribution < -0.4 is 11.3 Å². The zero-order valence-electron chi connectivity index (χ0n) is 11.1. The standard InChI is InChI=1S/C13H22N4O/c1-9(8-18-2)13-15-11(7-12(16-13)17-14)10-5-3-4-6-10/h7,9-10H,3-6,8,14H2,1-2H3,(H,15,16,17). The Kier molecular flexibility index (Phi) is 4.49. The molecule has 1 saturated carbocycles. The molecule has 0 amide bonds. The molecule has 18 heavy (non-hydrogen) atoms. The van der Waals surface area contributed by atoms with E-state index in [-0.39, 0.29) is 5.92 Å². The van der Waals surface area contributed by atoms with Crippen molar-refractivity contribution in [1.29, 1.82) is 0 Å². The molecular formula is C13H22N4O. The molecule has 1 unspecified atom stereocenters. The average molecular weight is 250 g/mol. The van der Waals surface area contributed by atoms with Crippen molar-refractivity contribution in [3.8, 4) is 0 Å². The summed E-state index contributed by atoms with van der Waals surface area (Å²) >= 11 is 0. The van der Waals surface area contributed by atoms with Gasteiger partial charge in [-0.25, -0.2) is 15.8 Å². The smallest absolute Gasteiger partial charge is 0.143 e. The molecule has 1 fully saturated rings. The van der Waals surface area contributed by atoms with Gasteiger partial charge in [-0.3, -0.25) is 0 Å². The Labute approximate surface area is 108 Å². The fraction of sp³-hybridized carbons (Fsp3) is 0.692.